The third-order valence-corrected chi connectivity index (χ3v) is 1.21. The second-order valence-corrected chi connectivity index (χ2v) is 2.28. The van der Waals surface area contributed by atoms with Crippen molar-refractivity contribution < 1.29 is 14.3 Å². The molecule has 0 N–H and O–H groups in total. The zero-order valence-electron chi connectivity index (χ0n) is 8.84. The van der Waals surface area contributed by atoms with Gasteiger partial charge in [-0.3, -0.25) is 0 Å². The molecular formula is C10H20O3. The maximum atomic E-state index is 9.84. The number of rotatable bonds is 5. The van der Waals surface area contributed by atoms with E-state index in [0.29, 0.717) is 0 Å². The molecule has 0 rings (SSSR count). The normalized spacial score (nSPS) is 8.23. The van der Waals surface area contributed by atoms with Crippen LogP contribution in [0.4, 0.5) is 0 Å². The summed E-state index contributed by atoms with van der Waals surface area (Å²) in [6.45, 7) is 9.14. The van der Waals surface area contributed by atoms with Gasteiger partial charge >= 0.3 is 5.97 Å². The van der Waals surface area contributed by atoms with Crippen LogP contribution in [0, 0.1) is 0 Å². The molecule has 0 aromatic heterocycles. The van der Waals surface area contributed by atoms with Crippen molar-refractivity contribution in [2.45, 2.75) is 26.7 Å². The summed E-state index contributed by atoms with van der Waals surface area (Å²) in [6, 6.07) is 0. The van der Waals surface area contributed by atoms with Crippen molar-refractivity contribution in [3.8, 4) is 0 Å². The Morgan fingerprint density at radius 1 is 1.46 bits per heavy atom. The first-order valence-corrected chi connectivity index (χ1v) is 4.50. The minimum atomic E-state index is -0.394. The highest BCUT2D eigenvalue weighted by Gasteiger charge is 1.82. The molecule has 0 saturated carbocycles. The Morgan fingerprint density at radius 2 is 2.08 bits per heavy atom. The number of ether oxygens (including phenoxy) is 2. The third kappa shape index (κ3) is 18.3. The maximum absolute atomic E-state index is 9.84. The van der Waals surface area contributed by atoms with E-state index in [1.165, 1.54) is 20.0 Å². The first-order valence-electron chi connectivity index (χ1n) is 4.50. The fraction of sp³-hybridized carbons (Fsp3) is 0.700. The molecule has 13 heavy (non-hydrogen) atoms. The van der Waals surface area contributed by atoms with Gasteiger partial charge in [0.05, 0.1) is 7.11 Å². The highest BCUT2D eigenvalue weighted by Crippen LogP contribution is 1.85. The number of hydrogen-bond donors (Lipinski definition) is 0. The number of hydrogen-bond acceptors (Lipinski definition) is 3. The lowest BCUT2D eigenvalue weighted by molar-refractivity contribution is -0.134. The van der Waals surface area contributed by atoms with Gasteiger partial charge in [0, 0.05) is 19.3 Å². The van der Waals surface area contributed by atoms with Gasteiger partial charge in [-0.05, 0) is 13.3 Å². The molecule has 0 radical (unpaired) electrons. The van der Waals surface area contributed by atoms with Crippen LogP contribution in [0.1, 0.15) is 26.7 Å². The van der Waals surface area contributed by atoms with Gasteiger partial charge in [0.25, 0.3) is 0 Å². The molecule has 3 heteroatoms. The Labute approximate surface area is 80.7 Å². The predicted molar refractivity (Wildman–Crippen MR) is 53.6 cm³/mol. The van der Waals surface area contributed by atoms with E-state index < -0.39 is 5.97 Å². The summed E-state index contributed by atoms with van der Waals surface area (Å²) in [5.41, 5.74) is 0. The van der Waals surface area contributed by atoms with Crippen LogP contribution in [0.25, 0.3) is 0 Å². The number of methoxy groups -OCH3 is 1. The molecule has 0 amide bonds. The fourth-order valence-corrected chi connectivity index (χ4v) is 0.474. The minimum Gasteiger partial charge on any atom is -0.466 e. The zero-order chi connectivity index (χ0) is 10.5. The van der Waals surface area contributed by atoms with Crippen molar-refractivity contribution in [3.05, 3.63) is 12.7 Å². The molecule has 78 valence electrons. The van der Waals surface area contributed by atoms with E-state index >= 15 is 0 Å². The van der Waals surface area contributed by atoms with Gasteiger partial charge in [0.2, 0.25) is 0 Å². The van der Waals surface area contributed by atoms with E-state index in [1.54, 1.807) is 0 Å². The summed E-state index contributed by atoms with van der Waals surface area (Å²) in [5.74, 6) is -0.394. The van der Waals surface area contributed by atoms with E-state index in [-0.39, 0.29) is 0 Å². The summed E-state index contributed by atoms with van der Waals surface area (Å²) in [4.78, 5) is 9.84. The highest BCUT2D eigenvalue weighted by molar-refractivity contribution is 5.80. The minimum absolute atomic E-state index is 0.394. The average Bonchev–Trinajstić information content (AvgIpc) is 2.18. The van der Waals surface area contributed by atoms with Crippen LogP contribution < -0.4 is 0 Å². The Balaban J connectivity index is 0. The van der Waals surface area contributed by atoms with Crippen LogP contribution in [0.2, 0.25) is 0 Å². The molecule has 0 unspecified atom stereocenters. The lowest BCUT2D eigenvalue weighted by Gasteiger charge is -1.94. The van der Waals surface area contributed by atoms with Crippen molar-refractivity contribution in [2.75, 3.05) is 20.3 Å². The Kier molecular flexibility index (Phi) is 15.5. The van der Waals surface area contributed by atoms with Gasteiger partial charge in [-0.2, -0.15) is 0 Å². The molecule has 0 heterocycles. The quantitative estimate of drug-likeness (QED) is 0.377. The first-order chi connectivity index (χ1) is 6.22. The van der Waals surface area contributed by atoms with Crippen LogP contribution in [0.3, 0.4) is 0 Å². The average molecular weight is 188 g/mol. The molecule has 0 fully saturated rings. The van der Waals surface area contributed by atoms with Gasteiger partial charge in [-0.25, -0.2) is 4.79 Å². The van der Waals surface area contributed by atoms with Crippen molar-refractivity contribution in [1.29, 1.82) is 0 Å². The van der Waals surface area contributed by atoms with Crippen LogP contribution >= 0.6 is 0 Å². The second kappa shape index (κ2) is 13.7. The van der Waals surface area contributed by atoms with Crippen LogP contribution in [-0.2, 0) is 14.3 Å². The lowest BCUT2D eigenvalue weighted by Crippen LogP contribution is -1.91. The van der Waals surface area contributed by atoms with Crippen molar-refractivity contribution in [3.63, 3.8) is 0 Å². The SMILES string of the molecule is C=CC(=O)OC.CCCCOCC. The van der Waals surface area contributed by atoms with Gasteiger partial charge in [0.15, 0.2) is 0 Å². The molecule has 0 aromatic carbocycles. The van der Waals surface area contributed by atoms with Gasteiger partial charge in [-0.15, -0.1) is 0 Å². The molecule has 3 nitrogen and oxygen atoms in total. The van der Waals surface area contributed by atoms with Crippen molar-refractivity contribution in [2.24, 2.45) is 0 Å². The van der Waals surface area contributed by atoms with Crippen molar-refractivity contribution in [1.82, 2.24) is 0 Å². The first kappa shape index (κ1) is 14.7. The number of esters is 1. The lowest BCUT2D eigenvalue weighted by atomic mass is 10.4. The smallest absolute Gasteiger partial charge is 0.329 e. The summed E-state index contributed by atoms with van der Waals surface area (Å²) in [5, 5.41) is 0. The van der Waals surface area contributed by atoms with E-state index in [1.807, 2.05) is 6.92 Å². The van der Waals surface area contributed by atoms with E-state index in [4.69, 9.17) is 4.74 Å². The summed E-state index contributed by atoms with van der Waals surface area (Å²) < 4.78 is 9.22. The van der Waals surface area contributed by atoms with Crippen LogP contribution in [0.5, 0.6) is 0 Å². The van der Waals surface area contributed by atoms with Crippen LogP contribution in [0.15, 0.2) is 12.7 Å². The van der Waals surface area contributed by atoms with E-state index in [9.17, 15) is 4.79 Å². The van der Waals surface area contributed by atoms with E-state index in [0.717, 1.165) is 19.3 Å². The highest BCUT2D eigenvalue weighted by atomic mass is 16.5. The standard InChI is InChI=1S/C6H14O.C4H6O2/c1-3-5-6-7-4-2;1-3-4(5)6-2/h3-6H2,1-2H3;3H,1H2,2H3. The van der Waals surface area contributed by atoms with Crippen LogP contribution in [-0.4, -0.2) is 26.3 Å². The molecule has 0 aliphatic heterocycles. The Hall–Kier alpha value is -0.830. The molecule has 0 aliphatic rings. The zero-order valence-corrected chi connectivity index (χ0v) is 8.84. The molecule has 0 saturated heterocycles. The predicted octanol–water partition coefficient (Wildman–Crippen LogP) is 2.17. The molecular weight excluding hydrogens is 168 g/mol. The number of carbonyl (C=O) groups excluding carboxylic acids is 1. The van der Waals surface area contributed by atoms with Gasteiger partial charge in [-0.1, -0.05) is 19.9 Å². The van der Waals surface area contributed by atoms with E-state index in [2.05, 4.69) is 18.2 Å². The Morgan fingerprint density at radius 3 is 2.31 bits per heavy atom. The number of unbranched alkanes of at least 4 members (excludes halogenated alkanes) is 1. The monoisotopic (exact) mass is 188 g/mol. The fourth-order valence-electron chi connectivity index (χ4n) is 0.474. The maximum Gasteiger partial charge on any atom is 0.329 e. The molecule has 0 atom stereocenters. The summed E-state index contributed by atoms with van der Waals surface area (Å²) in [6.07, 6.45) is 3.55. The summed E-state index contributed by atoms with van der Waals surface area (Å²) in [7, 11) is 1.31. The largest absolute Gasteiger partial charge is 0.466 e. The number of carbonyl (C=O) groups is 1. The molecule has 0 aliphatic carbocycles. The Bertz CT molecular complexity index is 117. The van der Waals surface area contributed by atoms with Crippen molar-refractivity contribution >= 4 is 5.97 Å². The molecule has 0 aromatic rings. The second-order valence-electron chi connectivity index (χ2n) is 2.28. The van der Waals surface area contributed by atoms with Gasteiger partial charge in [0.1, 0.15) is 0 Å². The molecule has 0 spiro atoms. The van der Waals surface area contributed by atoms with Gasteiger partial charge < -0.3 is 9.47 Å². The topological polar surface area (TPSA) is 35.5 Å². The third-order valence-electron chi connectivity index (χ3n) is 1.21. The molecule has 0 bridgehead atoms. The summed E-state index contributed by atoms with van der Waals surface area (Å²) >= 11 is 0.